The van der Waals surface area contributed by atoms with Crippen LogP contribution >= 0.6 is 0 Å². The first-order valence-electron chi connectivity index (χ1n) is 14.2. The average molecular weight is 457 g/mol. The second-order valence-electron chi connectivity index (χ2n) is 10.5. The molecule has 1 rings (SSSR count). The molecular weight excluding hydrogens is 400 g/mol. The summed E-state index contributed by atoms with van der Waals surface area (Å²) in [4.78, 5) is 0. The molecule has 0 radical (unpaired) electrons. The molecule has 0 amide bonds. The summed E-state index contributed by atoms with van der Waals surface area (Å²) in [6.45, 7) is 4.48. The Hall–Kier alpha value is -0.160. The lowest BCUT2D eigenvalue weighted by atomic mass is 9.88. The highest BCUT2D eigenvalue weighted by molar-refractivity contribution is 4.88. The minimum atomic E-state index is -1.08. The topological polar surface area (TPSA) is 69.9 Å². The Balaban J connectivity index is 1.79. The van der Waals surface area contributed by atoms with E-state index in [0.29, 0.717) is 0 Å². The molecule has 0 aliphatic carbocycles. The minimum absolute atomic E-state index is 0.117. The lowest BCUT2D eigenvalue weighted by molar-refractivity contribution is -0.199. The molecule has 0 aromatic carbocycles. The summed E-state index contributed by atoms with van der Waals surface area (Å²) in [5.74, 6) is 0.206. The second kappa shape index (κ2) is 20.2. The molecule has 1 fully saturated rings. The zero-order valence-corrected chi connectivity index (χ0v) is 21.5. The van der Waals surface area contributed by atoms with Crippen LogP contribution in [0.4, 0.5) is 0 Å². The van der Waals surface area contributed by atoms with Crippen molar-refractivity contribution in [3.63, 3.8) is 0 Å². The van der Waals surface area contributed by atoms with Gasteiger partial charge in [0.15, 0.2) is 0 Å². The van der Waals surface area contributed by atoms with Gasteiger partial charge in [0.2, 0.25) is 0 Å². The van der Waals surface area contributed by atoms with E-state index in [1.807, 2.05) is 0 Å². The van der Waals surface area contributed by atoms with Crippen molar-refractivity contribution in [2.45, 2.75) is 167 Å². The molecule has 3 N–H and O–H groups in total. The van der Waals surface area contributed by atoms with Crippen LogP contribution < -0.4 is 0 Å². The number of hydrogen-bond acceptors (Lipinski definition) is 4. The third kappa shape index (κ3) is 14.2. The van der Waals surface area contributed by atoms with Crippen LogP contribution in [0, 0.1) is 5.92 Å². The molecule has 0 saturated carbocycles. The molecule has 4 heteroatoms. The summed E-state index contributed by atoms with van der Waals surface area (Å²) < 4.78 is 5.57. The van der Waals surface area contributed by atoms with E-state index in [9.17, 15) is 15.3 Å². The van der Waals surface area contributed by atoms with Crippen LogP contribution in [0.25, 0.3) is 0 Å². The first-order chi connectivity index (χ1) is 15.6. The summed E-state index contributed by atoms with van der Waals surface area (Å²) in [5, 5.41) is 29.5. The van der Waals surface area contributed by atoms with Crippen molar-refractivity contribution in [3.8, 4) is 0 Å². The van der Waals surface area contributed by atoms with Gasteiger partial charge in [0.25, 0.3) is 0 Å². The molecule has 4 nitrogen and oxygen atoms in total. The van der Waals surface area contributed by atoms with Crippen LogP contribution in [0.15, 0.2) is 0 Å². The van der Waals surface area contributed by atoms with Gasteiger partial charge < -0.3 is 20.1 Å². The van der Waals surface area contributed by atoms with Crippen molar-refractivity contribution in [1.82, 2.24) is 0 Å². The highest BCUT2D eigenvalue weighted by atomic mass is 16.5. The Labute approximate surface area is 199 Å². The molecule has 32 heavy (non-hydrogen) atoms. The molecule has 1 aliphatic rings. The summed E-state index contributed by atoms with van der Waals surface area (Å²) in [5.41, 5.74) is 0. The van der Waals surface area contributed by atoms with Crippen molar-refractivity contribution in [2.75, 3.05) is 6.61 Å². The third-order valence-corrected chi connectivity index (χ3v) is 7.36. The quantitative estimate of drug-likeness (QED) is 0.164. The van der Waals surface area contributed by atoms with Crippen LogP contribution in [0.3, 0.4) is 0 Å². The predicted octanol–water partition coefficient (Wildman–Crippen LogP) is 6.93. The van der Waals surface area contributed by atoms with Gasteiger partial charge in [-0.1, -0.05) is 136 Å². The summed E-state index contributed by atoms with van der Waals surface area (Å²) >= 11 is 0. The number of unbranched alkanes of at least 4 members (excludes halogenated alkanes) is 18. The fourth-order valence-electron chi connectivity index (χ4n) is 5.04. The van der Waals surface area contributed by atoms with E-state index in [0.717, 1.165) is 12.8 Å². The summed E-state index contributed by atoms with van der Waals surface area (Å²) in [6, 6.07) is 0. The maximum absolute atomic E-state index is 10.1. The Kier molecular flexibility index (Phi) is 18.9. The van der Waals surface area contributed by atoms with Gasteiger partial charge in [0, 0.05) is 0 Å². The highest BCUT2D eigenvalue weighted by Gasteiger charge is 2.39. The molecule has 1 saturated heterocycles. The van der Waals surface area contributed by atoms with Gasteiger partial charge in [-0.05, 0) is 12.3 Å². The lowest BCUT2D eigenvalue weighted by Crippen LogP contribution is -2.54. The van der Waals surface area contributed by atoms with E-state index in [-0.39, 0.29) is 18.6 Å². The zero-order valence-electron chi connectivity index (χ0n) is 21.5. The average Bonchev–Trinajstić information content (AvgIpc) is 2.79. The smallest absolute Gasteiger partial charge is 0.111 e. The van der Waals surface area contributed by atoms with Crippen LogP contribution in [-0.4, -0.2) is 46.3 Å². The monoisotopic (exact) mass is 456 g/mol. The summed E-state index contributed by atoms with van der Waals surface area (Å²) in [6.07, 6.45) is 23.9. The van der Waals surface area contributed by atoms with Gasteiger partial charge in [-0.25, -0.2) is 0 Å². The van der Waals surface area contributed by atoms with Crippen LogP contribution in [0.5, 0.6) is 0 Å². The van der Waals surface area contributed by atoms with Gasteiger partial charge in [0.1, 0.15) is 18.3 Å². The predicted molar refractivity (Wildman–Crippen MR) is 135 cm³/mol. The Bertz CT molecular complexity index is 403. The third-order valence-electron chi connectivity index (χ3n) is 7.36. The number of aliphatic hydroxyl groups is 3. The number of aliphatic hydroxyl groups excluding tert-OH is 3. The maximum Gasteiger partial charge on any atom is 0.111 e. The van der Waals surface area contributed by atoms with E-state index in [4.69, 9.17) is 4.74 Å². The Morgan fingerprint density at radius 2 is 0.969 bits per heavy atom. The standard InChI is InChI=1S/C28H56O4/c1-3-4-5-6-7-8-9-10-11-12-13-14-15-16-17-18-19-20-21-22-24(2)28-27(31)26(30)25(29)23-32-28/h24-31H,3-23H2,1-2H3/t24?,25-,26+,27-,28?/m1/s1. The van der Waals surface area contributed by atoms with Gasteiger partial charge in [-0.2, -0.15) is 0 Å². The summed E-state index contributed by atoms with van der Waals surface area (Å²) in [7, 11) is 0. The molecule has 2 unspecified atom stereocenters. The van der Waals surface area contributed by atoms with E-state index < -0.39 is 18.3 Å². The zero-order chi connectivity index (χ0) is 23.4. The Morgan fingerprint density at radius 3 is 1.38 bits per heavy atom. The number of ether oxygens (including phenoxy) is 1. The fourth-order valence-corrected chi connectivity index (χ4v) is 5.04. The van der Waals surface area contributed by atoms with Crippen molar-refractivity contribution in [1.29, 1.82) is 0 Å². The largest absolute Gasteiger partial charge is 0.388 e. The van der Waals surface area contributed by atoms with Gasteiger partial charge in [-0.3, -0.25) is 0 Å². The molecule has 0 aromatic rings. The van der Waals surface area contributed by atoms with Crippen LogP contribution in [0.2, 0.25) is 0 Å². The number of rotatable bonds is 21. The molecule has 5 atom stereocenters. The SMILES string of the molecule is CCCCCCCCCCCCCCCCCCCCCC(C)C1OC[C@@H](O)[C@H](O)[C@H]1O. The fraction of sp³-hybridized carbons (Fsp3) is 1.00. The van der Waals surface area contributed by atoms with Gasteiger partial charge in [0.05, 0.1) is 12.7 Å². The molecule has 0 spiro atoms. The van der Waals surface area contributed by atoms with E-state index >= 15 is 0 Å². The molecule has 0 aromatic heterocycles. The first-order valence-corrected chi connectivity index (χ1v) is 14.2. The second-order valence-corrected chi connectivity index (χ2v) is 10.5. The molecule has 0 bridgehead atoms. The van der Waals surface area contributed by atoms with Crippen molar-refractivity contribution in [2.24, 2.45) is 5.92 Å². The van der Waals surface area contributed by atoms with Crippen LogP contribution in [0.1, 0.15) is 142 Å². The van der Waals surface area contributed by atoms with Crippen molar-refractivity contribution >= 4 is 0 Å². The van der Waals surface area contributed by atoms with E-state index in [1.165, 1.54) is 116 Å². The lowest BCUT2D eigenvalue weighted by Gasteiger charge is -2.38. The maximum atomic E-state index is 10.1. The van der Waals surface area contributed by atoms with Crippen molar-refractivity contribution in [3.05, 3.63) is 0 Å². The molecular formula is C28H56O4. The van der Waals surface area contributed by atoms with E-state index in [1.54, 1.807) is 0 Å². The molecule has 1 aliphatic heterocycles. The highest BCUT2D eigenvalue weighted by Crippen LogP contribution is 2.25. The number of hydrogen-bond donors (Lipinski definition) is 3. The van der Waals surface area contributed by atoms with Gasteiger partial charge >= 0.3 is 0 Å². The van der Waals surface area contributed by atoms with Crippen LogP contribution in [-0.2, 0) is 4.74 Å². The Morgan fingerprint density at radius 1 is 0.594 bits per heavy atom. The van der Waals surface area contributed by atoms with Crippen molar-refractivity contribution < 1.29 is 20.1 Å². The van der Waals surface area contributed by atoms with Gasteiger partial charge in [-0.15, -0.1) is 0 Å². The first kappa shape index (κ1) is 29.9. The minimum Gasteiger partial charge on any atom is -0.388 e. The molecule has 192 valence electrons. The normalized spacial score (nSPS) is 24.7. The molecule has 1 heterocycles. The van der Waals surface area contributed by atoms with E-state index in [2.05, 4.69) is 13.8 Å².